The van der Waals surface area contributed by atoms with Gasteiger partial charge >= 0.3 is 0 Å². The van der Waals surface area contributed by atoms with Gasteiger partial charge in [-0.05, 0) is 24.3 Å². The standard InChI is InChI=1S/C21H17N5O2/c27-19-15-24-11-12-26(19)20(18-7-1-2-10-25-18)21(28,16-5-3-8-22-13-16)17-6-4-9-23-14-17/h1-15,20,28H. The van der Waals surface area contributed by atoms with Gasteiger partial charge < -0.3 is 5.11 Å². The van der Waals surface area contributed by atoms with Crippen LogP contribution in [0.25, 0.3) is 0 Å². The van der Waals surface area contributed by atoms with Gasteiger partial charge in [0, 0.05) is 54.5 Å². The first kappa shape index (κ1) is 17.7. The van der Waals surface area contributed by atoms with Gasteiger partial charge in [0.2, 0.25) is 0 Å². The lowest BCUT2D eigenvalue weighted by molar-refractivity contribution is 0.0346. The van der Waals surface area contributed by atoms with Gasteiger partial charge in [-0.15, -0.1) is 0 Å². The fraction of sp³-hybridized carbons (Fsp3) is 0.0952. The van der Waals surface area contributed by atoms with Crippen molar-refractivity contribution < 1.29 is 5.11 Å². The summed E-state index contributed by atoms with van der Waals surface area (Å²) >= 11 is 0. The molecule has 138 valence electrons. The zero-order chi connectivity index (χ0) is 19.4. The fourth-order valence-corrected chi connectivity index (χ4v) is 3.32. The second-order valence-electron chi connectivity index (χ2n) is 6.23. The van der Waals surface area contributed by atoms with E-state index in [1.165, 1.54) is 17.0 Å². The van der Waals surface area contributed by atoms with Crippen LogP contribution in [0.15, 0.2) is 96.8 Å². The third kappa shape index (κ3) is 3.08. The number of hydrogen-bond donors (Lipinski definition) is 1. The molecule has 1 unspecified atom stereocenters. The smallest absolute Gasteiger partial charge is 0.269 e. The van der Waals surface area contributed by atoms with E-state index >= 15 is 0 Å². The first-order valence-electron chi connectivity index (χ1n) is 8.67. The lowest BCUT2D eigenvalue weighted by Crippen LogP contribution is -2.43. The van der Waals surface area contributed by atoms with E-state index in [1.54, 1.807) is 73.6 Å². The summed E-state index contributed by atoms with van der Waals surface area (Å²) in [5.41, 5.74) is -0.456. The van der Waals surface area contributed by atoms with E-state index in [2.05, 4.69) is 19.9 Å². The van der Waals surface area contributed by atoms with Gasteiger partial charge in [-0.2, -0.15) is 0 Å². The molecule has 0 bridgehead atoms. The summed E-state index contributed by atoms with van der Waals surface area (Å²) in [5.74, 6) is 0. The Balaban J connectivity index is 2.06. The molecule has 0 fully saturated rings. The van der Waals surface area contributed by atoms with Crippen molar-refractivity contribution in [3.05, 3.63) is 119 Å². The second kappa shape index (κ2) is 7.50. The molecule has 7 heteroatoms. The molecule has 0 aliphatic heterocycles. The number of rotatable bonds is 5. The molecule has 0 aromatic carbocycles. The van der Waals surface area contributed by atoms with E-state index < -0.39 is 11.6 Å². The molecule has 0 radical (unpaired) electrons. The lowest BCUT2D eigenvalue weighted by atomic mass is 9.79. The Hall–Kier alpha value is -3.71. The van der Waals surface area contributed by atoms with Gasteiger partial charge in [0.1, 0.15) is 11.6 Å². The number of hydrogen-bond acceptors (Lipinski definition) is 6. The molecule has 0 saturated heterocycles. The highest BCUT2D eigenvalue weighted by Gasteiger charge is 2.44. The molecule has 7 nitrogen and oxygen atoms in total. The largest absolute Gasteiger partial charge is 0.378 e. The maximum absolute atomic E-state index is 12.7. The highest BCUT2D eigenvalue weighted by Crippen LogP contribution is 2.41. The average molecular weight is 371 g/mol. The minimum Gasteiger partial charge on any atom is -0.378 e. The summed E-state index contributed by atoms with van der Waals surface area (Å²) in [6, 6.07) is 11.5. The molecule has 1 N–H and O–H groups in total. The Bertz CT molecular complexity index is 1060. The van der Waals surface area contributed by atoms with Crippen molar-refractivity contribution in [3.63, 3.8) is 0 Å². The third-order valence-electron chi connectivity index (χ3n) is 4.60. The molecule has 28 heavy (non-hydrogen) atoms. The molecule has 4 rings (SSSR count). The third-order valence-corrected chi connectivity index (χ3v) is 4.60. The molecule has 4 aromatic rings. The predicted molar refractivity (Wildman–Crippen MR) is 102 cm³/mol. The second-order valence-corrected chi connectivity index (χ2v) is 6.23. The Morgan fingerprint density at radius 2 is 1.50 bits per heavy atom. The minimum absolute atomic E-state index is 0.357. The maximum Gasteiger partial charge on any atom is 0.269 e. The van der Waals surface area contributed by atoms with Crippen molar-refractivity contribution in [2.24, 2.45) is 0 Å². The number of aliphatic hydroxyl groups is 1. The van der Waals surface area contributed by atoms with Gasteiger partial charge in [-0.25, -0.2) is 0 Å². The van der Waals surface area contributed by atoms with Gasteiger partial charge in [0.05, 0.1) is 11.9 Å². The van der Waals surface area contributed by atoms with E-state index in [-0.39, 0.29) is 5.56 Å². The van der Waals surface area contributed by atoms with Crippen LogP contribution in [-0.4, -0.2) is 29.6 Å². The van der Waals surface area contributed by atoms with Crippen LogP contribution in [0.1, 0.15) is 22.9 Å². The zero-order valence-electron chi connectivity index (χ0n) is 14.8. The van der Waals surface area contributed by atoms with Crippen LogP contribution >= 0.6 is 0 Å². The SMILES string of the molecule is O=c1cnccn1C(c1ccccn1)C(O)(c1cccnc1)c1cccnc1. The van der Waals surface area contributed by atoms with Crippen LogP contribution in [0.2, 0.25) is 0 Å². The minimum atomic E-state index is -1.65. The number of pyridine rings is 3. The first-order chi connectivity index (χ1) is 13.7. The van der Waals surface area contributed by atoms with Crippen LogP contribution in [-0.2, 0) is 5.60 Å². The summed E-state index contributed by atoms with van der Waals surface area (Å²) in [6.45, 7) is 0. The summed E-state index contributed by atoms with van der Waals surface area (Å²) in [5, 5.41) is 12.1. The fourth-order valence-electron chi connectivity index (χ4n) is 3.32. The summed E-state index contributed by atoms with van der Waals surface area (Å²) in [7, 11) is 0. The summed E-state index contributed by atoms with van der Waals surface area (Å²) in [6.07, 6.45) is 12.3. The average Bonchev–Trinajstić information content (AvgIpc) is 2.77. The van der Waals surface area contributed by atoms with Gasteiger partial charge in [-0.1, -0.05) is 18.2 Å². The van der Waals surface area contributed by atoms with Crippen molar-refractivity contribution in [1.29, 1.82) is 0 Å². The van der Waals surface area contributed by atoms with Crippen molar-refractivity contribution in [1.82, 2.24) is 24.5 Å². The topological polar surface area (TPSA) is 93.8 Å². The lowest BCUT2D eigenvalue weighted by Gasteiger charge is -2.37. The van der Waals surface area contributed by atoms with Crippen molar-refractivity contribution in [2.45, 2.75) is 11.6 Å². The van der Waals surface area contributed by atoms with Gasteiger partial charge in [-0.3, -0.25) is 29.3 Å². The molecule has 0 amide bonds. The van der Waals surface area contributed by atoms with E-state index in [4.69, 9.17) is 0 Å². The normalized spacial score (nSPS) is 12.5. The Labute approximate surface area is 161 Å². The van der Waals surface area contributed by atoms with Crippen molar-refractivity contribution >= 4 is 0 Å². The molecule has 0 aliphatic rings. The van der Waals surface area contributed by atoms with E-state index in [0.717, 1.165) is 0 Å². The highest BCUT2D eigenvalue weighted by molar-refractivity contribution is 5.38. The Kier molecular flexibility index (Phi) is 4.74. The predicted octanol–water partition coefficient (Wildman–Crippen LogP) is 1.95. The highest BCUT2D eigenvalue weighted by atomic mass is 16.3. The van der Waals surface area contributed by atoms with E-state index in [1.807, 2.05) is 6.07 Å². The molecular formula is C21H17N5O2. The van der Waals surface area contributed by atoms with E-state index in [9.17, 15) is 9.90 Å². The van der Waals surface area contributed by atoms with Crippen LogP contribution in [0.5, 0.6) is 0 Å². The summed E-state index contributed by atoms with van der Waals surface area (Å²) in [4.78, 5) is 29.3. The first-order valence-corrected chi connectivity index (χ1v) is 8.67. The van der Waals surface area contributed by atoms with Gasteiger partial charge in [0.15, 0.2) is 0 Å². The Morgan fingerprint density at radius 3 is 2.04 bits per heavy atom. The molecule has 4 heterocycles. The molecule has 0 aliphatic carbocycles. The quantitative estimate of drug-likeness (QED) is 0.576. The van der Waals surface area contributed by atoms with Crippen molar-refractivity contribution in [3.8, 4) is 0 Å². The maximum atomic E-state index is 12.7. The zero-order valence-corrected chi connectivity index (χ0v) is 14.8. The monoisotopic (exact) mass is 371 g/mol. The van der Waals surface area contributed by atoms with Gasteiger partial charge in [0.25, 0.3) is 5.56 Å². The van der Waals surface area contributed by atoms with E-state index in [0.29, 0.717) is 16.8 Å². The molecule has 0 spiro atoms. The van der Waals surface area contributed by atoms with Crippen LogP contribution < -0.4 is 5.56 Å². The molecule has 1 atom stereocenters. The summed E-state index contributed by atoms with van der Waals surface area (Å²) < 4.78 is 1.43. The molecule has 0 saturated carbocycles. The molecule has 4 aromatic heterocycles. The van der Waals surface area contributed by atoms with Crippen LogP contribution in [0.4, 0.5) is 0 Å². The van der Waals surface area contributed by atoms with Crippen LogP contribution in [0.3, 0.4) is 0 Å². The molecular weight excluding hydrogens is 354 g/mol. The number of aromatic nitrogens is 5. The number of nitrogens with zero attached hydrogens (tertiary/aromatic N) is 5. The Morgan fingerprint density at radius 1 is 0.821 bits per heavy atom. The van der Waals surface area contributed by atoms with Crippen molar-refractivity contribution in [2.75, 3.05) is 0 Å². The van der Waals surface area contributed by atoms with Crippen LogP contribution in [0, 0.1) is 0 Å².